The number of aromatic nitrogens is 2. The topological polar surface area (TPSA) is 78.4 Å². The normalized spacial score (nSPS) is 14.2. The average molecular weight is 284 g/mol. The van der Waals surface area contributed by atoms with Gasteiger partial charge in [-0.05, 0) is 37.1 Å². The number of carbonyl (C=O) groups is 1. The summed E-state index contributed by atoms with van der Waals surface area (Å²) in [5, 5.41) is 12.3. The minimum Gasteiger partial charge on any atom is -0.505 e. The van der Waals surface area contributed by atoms with Crippen LogP contribution >= 0.6 is 0 Å². The lowest BCUT2D eigenvalue weighted by atomic mass is 10.3. The van der Waals surface area contributed by atoms with Crippen molar-refractivity contribution in [2.45, 2.75) is 12.8 Å². The van der Waals surface area contributed by atoms with Crippen LogP contribution in [0.3, 0.4) is 0 Å². The van der Waals surface area contributed by atoms with Crippen LogP contribution in [0.2, 0.25) is 0 Å². The molecule has 1 amide bonds. The molecule has 0 spiro atoms. The summed E-state index contributed by atoms with van der Waals surface area (Å²) < 4.78 is 0. The SMILES string of the molecule is O=C(Nc1ccc(N2CCCC2)nc1)c1ncccc1O. The summed E-state index contributed by atoms with van der Waals surface area (Å²) in [7, 11) is 0. The van der Waals surface area contributed by atoms with E-state index in [1.807, 2.05) is 6.07 Å². The van der Waals surface area contributed by atoms with E-state index in [-0.39, 0.29) is 11.4 Å². The van der Waals surface area contributed by atoms with Crippen molar-refractivity contribution in [3.05, 3.63) is 42.4 Å². The summed E-state index contributed by atoms with van der Waals surface area (Å²) in [4.78, 5) is 22.4. The largest absolute Gasteiger partial charge is 0.505 e. The Morgan fingerprint density at radius 3 is 2.67 bits per heavy atom. The minimum absolute atomic E-state index is 0.00104. The van der Waals surface area contributed by atoms with Crippen molar-refractivity contribution in [2.24, 2.45) is 0 Å². The fourth-order valence-electron chi connectivity index (χ4n) is 2.36. The molecule has 2 aromatic heterocycles. The van der Waals surface area contributed by atoms with Crippen molar-refractivity contribution in [1.82, 2.24) is 9.97 Å². The van der Waals surface area contributed by atoms with Crippen LogP contribution in [0.4, 0.5) is 11.5 Å². The second-order valence-electron chi connectivity index (χ2n) is 4.92. The van der Waals surface area contributed by atoms with Gasteiger partial charge in [0.05, 0.1) is 11.9 Å². The molecular weight excluding hydrogens is 268 g/mol. The Morgan fingerprint density at radius 1 is 1.19 bits per heavy atom. The molecule has 0 aromatic carbocycles. The lowest BCUT2D eigenvalue weighted by Crippen LogP contribution is -2.19. The van der Waals surface area contributed by atoms with Gasteiger partial charge in [-0.25, -0.2) is 9.97 Å². The van der Waals surface area contributed by atoms with Gasteiger partial charge in [0.2, 0.25) is 0 Å². The fourth-order valence-corrected chi connectivity index (χ4v) is 2.36. The third kappa shape index (κ3) is 2.94. The molecule has 6 heteroatoms. The van der Waals surface area contributed by atoms with E-state index in [2.05, 4.69) is 20.2 Å². The van der Waals surface area contributed by atoms with Gasteiger partial charge in [0.1, 0.15) is 11.6 Å². The summed E-state index contributed by atoms with van der Waals surface area (Å²) in [5.41, 5.74) is 0.578. The molecule has 6 nitrogen and oxygen atoms in total. The van der Waals surface area contributed by atoms with Gasteiger partial charge in [-0.2, -0.15) is 0 Å². The third-order valence-electron chi connectivity index (χ3n) is 3.44. The predicted molar refractivity (Wildman–Crippen MR) is 79.5 cm³/mol. The van der Waals surface area contributed by atoms with Gasteiger partial charge in [0, 0.05) is 19.3 Å². The second-order valence-corrected chi connectivity index (χ2v) is 4.92. The first kappa shape index (κ1) is 13.4. The van der Waals surface area contributed by atoms with Gasteiger partial charge in [0.15, 0.2) is 5.69 Å². The fraction of sp³-hybridized carbons (Fsp3) is 0.267. The average Bonchev–Trinajstić information content (AvgIpc) is 3.02. The smallest absolute Gasteiger partial charge is 0.278 e. The minimum atomic E-state index is -0.455. The molecule has 1 aliphatic heterocycles. The molecule has 0 aliphatic carbocycles. The van der Waals surface area contributed by atoms with Crippen LogP contribution in [-0.4, -0.2) is 34.1 Å². The maximum absolute atomic E-state index is 12.0. The number of anilines is 2. The van der Waals surface area contributed by atoms with Crippen LogP contribution in [0.15, 0.2) is 36.7 Å². The molecule has 108 valence electrons. The number of carbonyl (C=O) groups excluding carboxylic acids is 1. The molecule has 0 saturated carbocycles. The predicted octanol–water partition coefficient (Wildman–Crippen LogP) is 2.03. The van der Waals surface area contributed by atoms with Crippen LogP contribution < -0.4 is 10.2 Å². The monoisotopic (exact) mass is 284 g/mol. The van der Waals surface area contributed by atoms with E-state index >= 15 is 0 Å². The van der Waals surface area contributed by atoms with Crippen LogP contribution in [0.5, 0.6) is 5.75 Å². The Balaban J connectivity index is 1.70. The number of rotatable bonds is 3. The van der Waals surface area contributed by atoms with E-state index in [4.69, 9.17) is 0 Å². The summed E-state index contributed by atoms with van der Waals surface area (Å²) in [5.74, 6) is 0.326. The Hall–Kier alpha value is -2.63. The van der Waals surface area contributed by atoms with Crippen molar-refractivity contribution >= 4 is 17.4 Å². The molecule has 0 atom stereocenters. The zero-order valence-corrected chi connectivity index (χ0v) is 11.5. The number of nitrogens with one attached hydrogen (secondary N) is 1. The number of hydrogen-bond donors (Lipinski definition) is 2. The van der Waals surface area contributed by atoms with Crippen LogP contribution in [0.1, 0.15) is 23.3 Å². The van der Waals surface area contributed by atoms with Gasteiger partial charge in [-0.3, -0.25) is 4.79 Å². The van der Waals surface area contributed by atoms with Crippen molar-refractivity contribution in [3.63, 3.8) is 0 Å². The molecule has 2 N–H and O–H groups in total. The van der Waals surface area contributed by atoms with Crippen LogP contribution in [0, 0.1) is 0 Å². The molecule has 0 bridgehead atoms. The highest BCUT2D eigenvalue weighted by Gasteiger charge is 2.15. The van der Waals surface area contributed by atoms with Crippen molar-refractivity contribution in [3.8, 4) is 5.75 Å². The van der Waals surface area contributed by atoms with E-state index in [1.54, 1.807) is 18.3 Å². The van der Waals surface area contributed by atoms with Crippen LogP contribution in [0.25, 0.3) is 0 Å². The van der Waals surface area contributed by atoms with Gasteiger partial charge in [-0.15, -0.1) is 0 Å². The van der Waals surface area contributed by atoms with Gasteiger partial charge in [-0.1, -0.05) is 0 Å². The molecule has 3 heterocycles. The summed E-state index contributed by atoms with van der Waals surface area (Å²) >= 11 is 0. The molecule has 0 unspecified atom stereocenters. The lowest BCUT2D eigenvalue weighted by molar-refractivity contribution is 0.101. The van der Waals surface area contributed by atoms with Gasteiger partial charge >= 0.3 is 0 Å². The standard InChI is InChI=1S/C15H16N4O2/c20-12-4-3-7-16-14(12)15(21)18-11-5-6-13(17-10-11)19-8-1-2-9-19/h3-7,10,20H,1-2,8-9H2,(H,18,21). The Bertz CT molecular complexity index is 636. The van der Waals surface area contributed by atoms with Gasteiger partial charge in [0.25, 0.3) is 5.91 Å². The molecule has 21 heavy (non-hydrogen) atoms. The third-order valence-corrected chi connectivity index (χ3v) is 3.44. The molecule has 1 saturated heterocycles. The lowest BCUT2D eigenvalue weighted by Gasteiger charge is -2.16. The maximum atomic E-state index is 12.0. The Labute approximate surface area is 122 Å². The number of aromatic hydroxyl groups is 1. The molecule has 1 aliphatic rings. The summed E-state index contributed by atoms with van der Waals surface area (Å²) in [6.07, 6.45) is 5.47. The quantitative estimate of drug-likeness (QED) is 0.901. The van der Waals surface area contributed by atoms with Crippen LogP contribution in [-0.2, 0) is 0 Å². The van der Waals surface area contributed by atoms with Crippen molar-refractivity contribution in [2.75, 3.05) is 23.3 Å². The Kier molecular flexibility index (Phi) is 3.68. The van der Waals surface area contributed by atoms with Crippen molar-refractivity contribution < 1.29 is 9.90 Å². The number of amides is 1. The van der Waals surface area contributed by atoms with E-state index in [1.165, 1.54) is 25.1 Å². The van der Waals surface area contributed by atoms with E-state index in [0.29, 0.717) is 5.69 Å². The number of hydrogen-bond acceptors (Lipinski definition) is 5. The molecule has 2 aromatic rings. The molecule has 1 fully saturated rings. The number of pyridine rings is 2. The van der Waals surface area contributed by atoms with Gasteiger partial charge < -0.3 is 15.3 Å². The zero-order valence-electron chi connectivity index (χ0n) is 11.5. The van der Waals surface area contributed by atoms with Crippen molar-refractivity contribution in [1.29, 1.82) is 0 Å². The highest BCUT2D eigenvalue weighted by molar-refractivity contribution is 6.04. The molecule has 0 radical (unpaired) electrons. The molecule has 3 rings (SSSR count). The first-order valence-electron chi connectivity index (χ1n) is 6.90. The highest BCUT2D eigenvalue weighted by Crippen LogP contribution is 2.20. The Morgan fingerprint density at radius 2 is 2.00 bits per heavy atom. The maximum Gasteiger partial charge on any atom is 0.278 e. The first-order chi connectivity index (χ1) is 10.2. The van der Waals surface area contributed by atoms with E-state index < -0.39 is 5.91 Å². The first-order valence-corrected chi connectivity index (χ1v) is 6.90. The second kappa shape index (κ2) is 5.78. The highest BCUT2D eigenvalue weighted by atomic mass is 16.3. The van der Waals surface area contributed by atoms with E-state index in [0.717, 1.165) is 18.9 Å². The molecular formula is C15H16N4O2. The summed E-state index contributed by atoms with van der Waals surface area (Å²) in [6.45, 7) is 2.06. The zero-order chi connectivity index (χ0) is 14.7. The summed E-state index contributed by atoms with van der Waals surface area (Å²) in [6, 6.07) is 6.69. The van der Waals surface area contributed by atoms with E-state index in [9.17, 15) is 9.90 Å². The number of nitrogens with zero attached hydrogens (tertiary/aromatic N) is 3.